The second-order valence-corrected chi connectivity index (χ2v) is 6.12. The summed E-state index contributed by atoms with van der Waals surface area (Å²) in [4.78, 5) is 15.5. The Balaban J connectivity index is 1.90. The quantitative estimate of drug-likeness (QED) is 0.869. The van der Waals surface area contributed by atoms with Gasteiger partial charge in [-0.15, -0.1) is 11.8 Å². The molecule has 2 atom stereocenters. The van der Waals surface area contributed by atoms with Crippen LogP contribution < -0.4 is 10.1 Å². The number of nitrogens with zero attached hydrogens (tertiary/aromatic N) is 1. The molecular formula is C15H20N2O2S. The molecule has 1 aromatic rings. The number of rotatable bonds is 3. The SMILES string of the molecule is COc1cc(C2NC(=O)C3CCCCN32)ccc1SC. The first kappa shape index (κ1) is 13.8. The maximum absolute atomic E-state index is 12.1. The number of thioether (sulfide) groups is 1. The molecule has 0 aliphatic carbocycles. The summed E-state index contributed by atoms with van der Waals surface area (Å²) < 4.78 is 5.45. The molecule has 0 bridgehead atoms. The number of methoxy groups -OCH3 is 1. The van der Waals surface area contributed by atoms with Gasteiger partial charge >= 0.3 is 0 Å². The van der Waals surface area contributed by atoms with Gasteiger partial charge in [0.1, 0.15) is 11.9 Å². The number of amides is 1. The van der Waals surface area contributed by atoms with Crippen LogP contribution in [0.5, 0.6) is 5.75 Å². The lowest BCUT2D eigenvalue weighted by Crippen LogP contribution is -2.38. The van der Waals surface area contributed by atoms with Crippen molar-refractivity contribution >= 4 is 17.7 Å². The first-order valence-corrected chi connectivity index (χ1v) is 8.25. The second-order valence-electron chi connectivity index (χ2n) is 5.27. The van der Waals surface area contributed by atoms with E-state index in [1.165, 1.54) is 6.42 Å². The molecule has 108 valence electrons. The number of benzene rings is 1. The Morgan fingerprint density at radius 1 is 1.40 bits per heavy atom. The van der Waals surface area contributed by atoms with E-state index in [1.54, 1.807) is 18.9 Å². The Kier molecular flexibility index (Phi) is 3.89. The molecule has 20 heavy (non-hydrogen) atoms. The van der Waals surface area contributed by atoms with Crippen LogP contribution in [-0.4, -0.2) is 36.8 Å². The Morgan fingerprint density at radius 2 is 2.25 bits per heavy atom. The van der Waals surface area contributed by atoms with Gasteiger partial charge in [0.2, 0.25) is 5.91 Å². The molecule has 2 aliphatic rings. The van der Waals surface area contributed by atoms with Crippen molar-refractivity contribution in [1.29, 1.82) is 0 Å². The fourth-order valence-corrected chi connectivity index (χ4v) is 3.70. The molecule has 4 nitrogen and oxygen atoms in total. The molecule has 2 saturated heterocycles. The van der Waals surface area contributed by atoms with Crippen LogP contribution in [0.2, 0.25) is 0 Å². The summed E-state index contributed by atoms with van der Waals surface area (Å²) >= 11 is 1.67. The van der Waals surface area contributed by atoms with Crippen LogP contribution in [0.1, 0.15) is 31.0 Å². The van der Waals surface area contributed by atoms with Crippen LogP contribution in [-0.2, 0) is 4.79 Å². The molecule has 5 heteroatoms. The Labute approximate surface area is 123 Å². The van der Waals surface area contributed by atoms with Crippen molar-refractivity contribution in [3.63, 3.8) is 0 Å². The largest absolute Gasteiger partial charge is 0.496 e. The lowest BCUT2D eigenvalue weighted by molar-refractivity contribution is -0.122. The van der Waals surface area contributed by atoms with Gasteiger partial charge in [0.25, 0.3) is 0 Å². The molecule has 2 aliphatic heterocycles. The van der Waals surface area contributed by atoms with Crippen LogP contribution >= 0.6 is 11.8 Å². The number of hydrogen-bond acceptors (Lipinski definition) is 4. The molecule has 2 fully saturated rings. The van der Waals surface area contributed by atoms with Gasteiger partial charge < -0.3 is 10.1 Å². The van der Waals surface area contributed by atoms with Crippen LogP contribution in [0.4, 0.5) is 0 Å². The number of hydrogen-bond donors (Lipinski definition) is 1. The summed E-state index contributed by atoms with van der Waals surface area (Å²) in [6.45, 7) is 0.987. The van der Waals surface area contributed by atoms with E-state index in [1.807, 2.05) is 12.3 Å². The zero-order chi connectivity index (χ0) is 14.1. The van der Waals surface area contributed by atoms with E-state index in [0.717, 1.165) is 35.6 Å². The first-order valence-electron chi connectivity index (χ1n) is 7.02. The number of nitrogens with one attached hydrogen (secondary N) is 1. The molecule has 2 heterocycles. The van der Waals surface area contributed by atoms with E-state index in [-0.39, 0.29) is 18.1 Å². The van der Waals surface area contributed by atoms with Gasteiger partial charge in [-0.05, 0) is 36.8 Å². The molecule has 0 radical (unpaired) electrons. The molecule has 1 amide bonds. The molecule has 0 aromatic heterocycles. The van der Waals surface area contributed by atoms with E-state index in [4.69, 9.17) is 4.74 Å². The number of fused-ring (bicyclic) bond motifs is 1. The monoisotopic (exact) mass is 292 g/mol. The third kappa shape index (κ3) is 2.29. The molecule has 2 unspecified atom stereocenters. The Morgan fingerprint density at radius 3 is 3.00 bits per heavy atom. The Bertz CT molecular complexity index is 521. The summed E-state index contributed by atoms with van der Waals surface area (Å²) in [7, 11) is 1.69. The van der Waals surface area contributed by atoms with Gasteiger partial charge in [-0.2, -0.15) is 0 Å². The highest BCUT2D eigenvalue weighted by Crippen LogP contribution is 2.36. The van der Waals surface area contributed by atoms with E-state index < -0.39 is 0 Å². The highest BCUT2D eigenvalue weighted by Gasteiger charge is 2.41. The number of ether oxygens (including phenoxy) is 1. The average molecular weight is 292 g/mol. The van der Waals surface area contributed by atoms with Crippen molar-refractivity contribution in [2.24, 2.45) is 0 Å². The topological polar surface area (TPSA) is 41.6 Å². The Hall–Kier alpha value is -1.20. The van der Waals surface area contributed by atoms with Crippen LogP contribution in [0, 0.1) is 0 Å². The van der Waals surface area contributed by atoms with Crippen molar-refractivity contribution < 1.29 is 9.53 Å². The summed E-state index contributed by atoms with van der Waals surface area (Å²) in [6, 6.07) is 6.27. The van der Waals surface area contributed by atoms with E-state index in [9.17, 15) is 4.79 Å². The summed E-state index contributed by atoms with van der Waals surface area (Å²) in [5, 5.41) is 3.13. The molecular weight excluding hydrogens is 272 g/mol. The molecule has 0 saturated carbocycles. The van der Waals surface area contributed by atoms with Gasteiger partial charge in [0.15, 0.2) is 0 Å². The van der Waals surface area contributed by atoms with Crippen molar-refractivity contribution in [2.45, 2.75) is 36.4 Å². The average Bonchev–Trinajstić information content (AvgIpc) is 2.84. The molecule has 1 aromatic carbocycles. The van der Waals surface area contributed by atoms with E-state index >= 15 is 0 Å². The van der Waals surface area contributed by atoms with Crippen molar-refractivity contribution in [3.8, 4) is 5.75 Å². The number of piperidine rings is 1. The first-order chi connectivity index (χ1) is 9.74. The van der Waals surface area contributed by atoms with Gasteiger partial charge in [-0.1, -0.05) is 12.5 Å². The van der Waals surface area contributed by atoms with E-state index in [2.05, 4.69) is 22.3 Å². The van der Waals surface area contributed by atoms with Gasteiger partial charge in [0, 0.05) is 11.4 Å². The van der Waals surface area contributed by atoms with Crippen LogP contribution in [0.15, 0.2) is 23.1 Å². The predicted molar refractivity (Wildman–Crippen MR) is 80.0 cm³/mol. The van der Waals surface area contributed by atoms with Crippen molar-refractivity contribution in [3.05, 3.63) is 23.8 Å². The smallest absolute Gasteiger partial charge is 0.238 e. The lowest BCUT2D eigenvalue weighted by atomic mass is 10.0. The molecule has 0 spiro atoms. The fraction of sp³-hybridized carbons (Fsp3) is 0.533. The number of carbonyl (C=O) groups excluding carboxylic acids is 1. The third-order valence-corrected chi connectivity index (χ3v) is 4.96. The van der Waals surface area contributed by atoms with Crippen molar-refractivity contribution in [1.82, 2.24) is 10.2 Å². The highest BCUT2D eigenvalue weighted by molar-refractivity contribution is 7.98. The maximum Gasteiger partial charge on any atom is 0.238 e. The summed E-state index contributed by atoms with van der Waals surface area (Å²) in [6.07, 6.45) is 5.33. The third-order valence-electron chi connectivity index (χ3n) is 4.18. The normalized spacial score (nSPS) is 26.2. The van der Waals surface area contributed by atoms with Crippen LogP contribution in [0.25, 0.3) is 0 Å². The van der Waals surface area contributed by atoms with Gasteiger partial charge in [-0.3, -0.25) is 9.69 Å². The minimum absolute atomic E-state index is 0.00222. The van der Waals surface area contributed by atoms with E-state index in [0.29, 0.717) is 0 Å². The minimum atomic E-state index is -0.00222. The highest BCUT2D eigenvalue weighted by atomic mass is 32.2. The zero-order valence-corrected chi connectivity index (χ0v) is 12.7. The van der Waals surface area contributed by atoms with Gasteiger partial charge in [0.05, 0.1) is 13.2 Å². The molecule has 3 rings (SSSR count). The van der Waals surface area contributed by atoms with Crippen molar-refractivity contribution in [2.75, 3.05) is 19.9 Å². The van der Waals surface area contributed by atoms with Crippen LogP contribution in [0.3, 0.4) is 0 Å². The minimum Gasteiger partial charge on any atom is -0.496 e. The number of carbonyl (C=O) groups is 1. The maximum atomic E-state index is 12.1. The van der Waals surface area contributed by atoms with Gasteiger partial charge in [-0.25, -0.2) is 0 Å². The summed E-state index contributed by atoms with van der Waals surface area (Å²) in [5.41, 5.74) is 1.11. The zero-order valence-electron chi connectivity index (χ0n) is 11.9. The molecule has 1 N–H and O–H groups in total. The standard InChI is InChI=1S/C15H20N2O2S/c1-19-12-9-10(6-7-13(12)20-2)14-16-15(18)11-5-3-4-8-17(11)14/h6-7,9,11,14H,3-5,8H2,1-2H3,(H,16,18). The fourth-order valence-electron chi connectivity index (χ4n) is 3.16. The predicted octanol–water partition coefficient (Wildman–Crippen LogP) is 2.40. The second kappa shape index (κ2) is 5.66. The summed E-state index contributed by atoms with van der Waals surface area (Å²) in [5.74, 6) is 1.05. The lowest BCUT2D eigenvalue weighted by Gasteiger charge is -2.31.